The van der Waals surface area contributed by atoms with Gasteiger partial charge in [-0.15, -0.1) is 10.2 Å². The first-order chi connectivity index (χ1) is 11.9. The minimum absolute atomic E-state index is 0.115. The zero-order chi connectivity index (χ0) is 18.4. The number of benzene rings is 1. The molecular formula is C17H18ClN3O4. The first-order valence-corrected chi connectivity index (χ1v) is 8.05. The molecule has 1 heterocycles. The van der Waals surface area contributed by atoms with E-state index in [0.717, 1.165) is 0 Å². The minimum Gasteiger partial charge on any atom is -0.488 e. The first kappa shape index (κ1) is 18.7. The number of halogens is 1. The lowest BCUT2D eigenvalue weighted by molar-refractivity contribution is 0.102. The number of rotatable bonds is 7. The van der Waals surface area contributed by atoms with Crippen LogP contribution in [0.15, 0.2) is 24.3 Å². The van der Waals surface area contributed by atoms with Crippen LogP contribution < -0.4 is 14.8 Å². The number of aldehydes is 1. The normalized spacial score (nSPS) is 10.4. The number of anilines is 1. The predicted molar refractivity (Wildman–Crippen MR) is 93.8 cm³/mol. The third-order valence-corrected chi connectivity index (χ3v) is 3.25. The Morgan fingerprint density at radius 3 is 2.64 bits per heavy atom. The molecule has 1 aromatic heterocycles. The van der Waals surface area contributed by atoms with Crippen molar-refractivity contribution in [3.63, 3.8) is 0 Å². The molecule has 7 nitrogen and oxygen atoms in total. The van der Waals surface area contributed by atoms with Gasteiger partial charge < -0.3 is 14.8 Å². The van der Waals surface area contributed by atoms with Crippen LogP contribution in [0.1, 0.15) is 41.6 Å². The van der Waals surface area contributed by atoms with Crippen molar-refractivity contribution in [1.82, 2.24) is 10.2 Å². The second kappa shape index (κ2) is 8.43. The van der Waals surface area contributed by atoms with E-state index in [1.165, 1.54) is 18.2 Å². The van der Waals surface area contributed by atoms with Crippen molar-refractivity contribution < 1.29 is 19.1 Å². The molecule has 2 rings (SSSR count). The van der Waals surface area contributed by atoms with Gasteiger partial charge in [-0.3, -0.25) is 9.59 Å². The van der Waals surface area contributed by atoms with E-state index in [1.807, 2.05) is 20.8 Å². The van der Waals surface area contributed by atoms with Gasteiger partial charge in [0.2, 0.25) is 0 Å². The van der Waals surface area contributed by atoms with Gasteiger partial charge >= 0.3 is 0 Å². The van der Waals surface area contributed by atoms with Crippen molar-refractivity contribution in [3.8, 4) is 11.5 Å². The summed E-state index contributed by atoms with van der Waals surface area (Å²) in [5.41, 5.74) is 0.458. The van der Waals surface area contributed by atoms with Crippen molar-refractivity contribution >= 4 is 29.6 Å². The standard InChI is InChI=1S/C17H18ClN3O4/c1-4-24-16-13(18)7-11(8-14(16)25-10(2)3)17(23)19-15-6-5-12(9-22)20-21-15/h5-10H,4H2,1-3H3,(H,19,21,23). The van der Waals surface area contributed by atoms with Crippen LogP contribution in [0, 0.1) is 0 Å². The van der Waals surface area contributed by atoms with E-state index in [1.54, 1.807) is 6.07 Å². The highest BCUT2D eigenvalue weighted by molar-refractivity contribution is 6.32. The fraction of sp³-hybridized carbons (Fsp3) is 0.294. The zero-order valence-corrected chi connectivity index (χ0v) is 14.8. The molecule has 1 amide bonds. The number of hydrogen-bond donors (Lipinski definition) is 1. The minimum atomic E-state index is -0.438. The van der Waals surface area contributed by atoms with Crippen LogP contribution in [-0.2, 0) is 0 Å². The Hall–Kier alpha value is -2.67. The number of ether oxygens (including phenoxy) is 2. The summed E-state index contributed by atoms with van der Waals surface area (Å²) < 4.78 is 11.2. The van der Waals surface area contributed by atoms with Crippen LogP contribution in [0.2, 0.25) is 5.02 Å². The molecule has 0 radical (unpaired) electrons. The van der Waals surface area contributed by atoms with Crippen LogP contribution in [0.3, 0.4) is 0 Å². The third kappa shape index (κ3) is 4.90. The number of nitrogens with one attached hydrogen (secondary N) is 1. The summed E-state index contributed by atoms with van der Waals surface area (Å²) in [7, 11) is 0. The average molecular weight is 364 g/mol. The molecule has 25 heavy (non-hydrogen) atoms. The Kier molecular flexibility index (Phi) is 6.30. The van der Waals surface area contributed by atoms with E-state index in [4.69, 9.17) is 21.1 Å². The number of carbonyl (C=O) groups excluding carboxylic acids is 2. The maximum absolute atomic E-state index is 12.4. The fourth-order valence-electron chi connectivity index (χ4n) is 1.99. The summed E-state index contributed by atoms with van der Waals surface area (Å²) in [6.45, 7) is 5.97. The molecule has 2 aromatic rings. The van der Waals surface area contributed by atoms with Gasteiger partial charge in [-0.25, -0.2) is 0 Å². The van der Waals surface area contributed by atoms with Gasteiger partial charge in [0.25, 0.3) is 5.91 Å². The van der Waals surface area contributed by atoms with Crippen LogP contribution in [-0.4, -0.2) is 35.1 Å². The Bertz CT molecular complexity index is 763. The highest BCUT2D eigenvalue weighted by Crippen LogP contribution is 2.37. The zero-order valence-electron chi connectivity index (χ0n) is 14.1. The predicted octanol–water partition coefficient (Wildman–Crippen LogP) is 3.38. The highest BCUT2D eigenvalue weighted by atomic mass is 35.5. The molecule has 8 heteroatoms. The molecule has 0 aliphatic rings. The molecule has 0 spiro atoms. The summed E-state index contributed by atoms with van der Waals surface area (Å²) >= 11 is 6.23. The van der Waals surface area contributed by atoms with Crippen molar-refractivity contribution in [2.75, 3.05) is 11.9 Å². The maximum atomic E-state index is 12.4. The second-order valence-corrected chi connectivity index (χ2v) is 5.71. The summed E-state index contributed by atoms with van der Waals surface area (Å²) in [4.78, 5) is 23.0. The Morgan fingerprint density at radius 1 is 1.32 bits per heavy atom. The molecule has 0 aliphatic heterocycles. The molecule has 0 saturated heterocycles. The number of nitrogens with zero attached hydrogens (tertiary/aromatic N) is 2. The molecule has 0 fully saturated rings. The summed E-state index contributed by atoms with van der Waals surface area (Å²) in [6, 6.07) is 5.98. The van der Waals surface area contributed by atoms with Gasteiger partial charge in [0.05, 0.1) is 17.7 Å². The molecule has 1 aromatic carbocycles. The van der Waals surface area contributed by atoms with Crippen LogP contribution in [0.4, 0.5) is 5.82 Å². The van der Waals surface area contributed by atoms with E-state index in [0.29, 0.717) is 24.4 Å². The maximum Gasteiger partial charge on any atom is 0.257 e. The number of amides is 1. The van der Waals surface area contributed by atoms with Crippen LogP contribution in [0.25, 0.3) is 0 Å². The largest absolute Gasteiger partial charge is 0.488 e. The fourth-order valence-corrected chi connectivity index (χ4v) is 2.25. The molecule has 132 valence electrons. The molecule has 0 unspecified atom stereocenters. The van der Waals surface area contributed by atoms with Crippen molar-refractivity contribution in [2.24, 2.45) is 0 Å². The Balaban J connectivity index is 2.28. The highest BCUT2D eigenvalue weighted by Gasteiger charge is 2.17. The van der Waals surface area contributed by atoms with Gasteiger partial charge in [0, 0.05) is 5.56 Å². The number of aromatic nitrogens is 2. The van der Waals surface area contributed by atoms with E-state index >= 15 is 0 Å². The molecule has 1 N–H and O–H groups in total. The van der Waals surface area contributed by atoms with Gasteiger partial charge in [-0.2, -0.15) is 0 Å². The monoisotopic (exact) mass is 363 g/mol. The summed E-state index contributed by atoms with van der Waals surface area (Å²) in [5.74, 6) is 0.556. The third-order valence-electron chi connectivity index (χ3n) is 2.97. The quantitative estimate of drug-likeness (QED) is 0.758. The molecule has 0 bridgehead atoms. The molecule has 0 saturated carbocycles. The van der Waals surface area contributed by atoms with E-state index in [2.05, 4.69) is 15.5 Å². The molecular weight excluding hydrogens is 346 g/mol. The first-order valence-electron chi connectivity index (χ1n) is 7.67. The lowest BCUT2D eigenvalue weighted by atomic mass is 10.2. The molecule has 0 atom stereocenters. The smallest absolute Gasteiger partial charge is 0.257 e. The van der Waals surface area contributed by atoms with E-state index < -0.39 is 5.91 Å². The van der Waals surface area contributed by atoms with Crippen molar-refractivity contribution in [1.29, 1.82) is 0 Å². The van der Waals surface area contributed by atoms with Gasteiger partial charge in [-0.05, 0) is 45.0 Å². The summed E-state index contributed by atoms with van der Waals surface area (Å²) in [6.07, 6.45) is 0.454. The summed E-state index contributed by atoms with van der Waals surface area (Å²) in [5, 5.41) is 10.3. The van der Waals surface area contributed by atoms with E-state index in [9.17, 15) is 9.59 Å². The Labute approximate surface area is 150 Å². The Morgan fingerprint density at radius 2 is 2.08 bits per heavy atom. The topological polar surface area (TPSA) is 90.4 Å². The van der Waals surface area contributed by atoms with Crippen LogP contribution >= 0.6 is 11.6 Å². The SMILES string of the molecule is CCOc1c(Cl)cc(C(=O)Nc2ccc(C=O)nn2)cc1OC(C)C. The number of hydrogen-bond acceptors (Lipinski definition) is 6. The van der Waals surface area contributed by atoms with E-state index in [-0.39, 0.29) is 28.2 Å². The lowest BCUT2D eigenvalue weighted by Crippen LogP contribution is -2.15. The van der Waals surface area contributed by atoms with Gasteiger partial charge in [0.1, 0.15) is 5.69 Å². The average Bonchev–Trinajstić information content (AvgIpc) is 2.58. The molecule has 0 aliphatic carbocycles. The lowest BCUT2D eigenvalue weighted by Gasteiger charge is -2.17. The number of carbonyl (C=O) groups is 2. The van der Waals surface area contributed by atoms with Crippen LogP contribution in [0.5, 0.6) is 11.5 Å². The second-order valence-electron chi connectivity index (χ2n) is 5.30. The van der Waals surface area contributed by atoms with Crippen molar-refractivity contribution in [3.05, 3.63) is 40.5 Å². The van der Waals surface area contributed by atoms with Crippen molar-refractivity contribution in [2.45, 2.75) is 26.9 Å². The van der Waals surface area contributed by atoms with Gasteiger partial charge in [0.15, 0.2) is 23.6 Å². The van der Waals surface area contributed by atoms with Gasteiger partial charge in [-0.1, -0.05) is 11.6 Å².